The first-order chi connectivity index (χ1) is 10.1. The molecule has 110 valence electrons. The smallest absolute Gasteiger partial charge is 0.354 e. The molecule has 1 aromatic heterocycles. The minimum atomic E-state index is -0.398. The number of esters is 2. The van der Waals surface area contributed by atoms with Gasteiger partial charge >= 0.3 is 11.9 Å². The van der Waals surface area contributed by atoms with E-state index >= 15 is 0 Å². The normalized spacial score (nSPS) is 11.0. The van der Waals surface area contributed by atoms with Crippen LogP contribution in [0.25, 0.3) is 17.0 Å². The minimum Gasteiger partial charge on any atom is -0.466 e. The summed E-state index contributed by atoms with van der Waals surface area (Å²) in [5, 5.41) is 0.929. The van der Waals surface area contributed by atoms with Crippen molar-refractivity contribution in [3.63, 3.8) is 0 Å². The molecule has 1 N–H and O–H groups in total. The van der Waals surface area contributed by atoms with E-state index in [1.807, 2.05) is 24.3 Å². The molecule has 0 saturated carbocycles. The molecule has 2 rings (SSSR count). The largest absolute Gasteiger partial charge is 0.466 e. The number of ether oxygens (including phenoxy) is 2. The van der Waals surface area contributed by atoms with Crippen LogP contribution in [0.5, 0.6) is 0 Å². The van der Waals surface area contributed by atoms with Gasteiger partial charge in [-0.25, -0.2) is 4.79 Å². The van der Waals surface area contributed by atoms with Crippen molar-refractivity contribution >= 4 is 28.9 Å². The van der Waals surface area contributed by atoms with Crippen LogP contribution < -0.4 is 0 Å². The summed E-state index contributed by atoms with van der Waals surface area (Å²) >= 11 is 0. The van der Waals surface area contributed by atoms with E-state index in [1.165, 1.54) is 7.11 Å². The van der Waals surface area contributed by atoms with Crippen LogP contribution in [-0.4, -0.2) is 30.6 Å². The van der Waals surface area contributed by atoms with Crippen LogP contribution in [0, 0.1) is 0 Å². The molecule has 0 amide bonds. The summed E-state index contributed by atoms with van der Waals surface area (Å²) in [6, 6.07) is 7.47. The van der Waals surface area contributed by atoms with Crippen molar-refractivity contribution in [1.82, 2.24) is 4.98 Å². The first-order valence-corrected chi connectivity index (χ1v) is 6.67. The van der Waals surface area contributed by atoms with Gasteiger partial charge in [-0.2, -0.15) is 0 Å². The fraction of sp³-hybridized carbons (Fsp3) is 0.250. The first-order valence-electron chi connectivity index (χ1n) is 6.67. The lowest BCUT2D eigenvalue weighted by Gasteiger charge is -1.97. The van der Waals surface area contributed by atoms with Crippen LogP contribution in [0.2, 0.25) is 0 Å². The summed E-state index contributed by atoms with van der Waals surface area (Å²) in [5.41, 5.74) is 2.19. The standard InChI is InChI=1S/C16H17NO4/c1-3-21-15(18)6-4-5-11-7-8-12-10-14(16(19)20-2)17-13(12)9-11/h4-5,7-10,17H,3,6H2,1-2H3. The number of H-pyrrole nitrogens is 1. The average molecular weight is 287 g/mol. The Balaban J connectivity index is 2.13. The van der Waals surface area contributed by atoms with E-state index in [4.69, 9.17) is 4.74 Å². The van der Waals surface area contributed by atoms with E-state index in [1.54, 1.807) is 19.1 Å². The third kappa shape index (κ3) is 3.72. The first kappa shape index (κ1) is 14.8. The predicted molar refractivity (Wildman–Crippen MR) is 79.9 cm³/mol. The maximum atomic E-state index is 11.5. The maximum Gasteiger partial charge on any atom is 0.354 e. The summed E-state index contributed by atoms with van der Waals surface area (Å²) in [6.07, 6.45) is 3.84. The Morgan fingerprint density at radius 2 is 2.10 bits per heavy atom. The van der Waals surface area contributed by atoms with Crippen molar-refractivity contribution in [2.75, 3.05) is 13.7 Å². The van der Waals surface area contributed by atoms with Crippen molar-refractivity contribution in [3.8, 4) is 0 Å². The lowest BCUT2D eigenvalue weighted by atomic mass is 10.1. The Morgan fingerprint density at radius 1 is 1.29 bits per heavy atom. The zero-order valence-corrected chi connectivity index (χ0v) is 12.0. The molecular weight excluding hydrogens is 270 g/mol. The molecule has 1 aromatic carbocycles. The average Bonchev–Trinajstić information content (AvgIpc) is 2.90. The maximum absolute atomic E-state index is 11.5. The minimum absolute atomic E-state index is 0.240. The lowest BCUT2D eigenvalue weighted by molar-refractivity contribution is -0.142. The van der Waals surface area contributed by atoms with Gasteiger partial charge in [-0.15, -0.1) is 0 Å². The molecule has 1 heterocycles. The fourth-order valence-corrected chi connectivity index (χ4v) is 1.98. The van der Waals surface area contributed by atoms with Gasteiger partial charge in [0.1, 0.15) is 5.69 Å². The molecule has 5 heteroatoms. The molecule has 0 fully saturated rings. The van der Waals surface area contributed by atoms with Crippen molar-refractivity contribution in [1.29, 1.82) is 0 Å². The molecule has 0 radical (unpaired) electrons. The molecule has 0 aliphatic rings. The third-order valence-electron chi connectivity index (χ3n) is 2.95. The molecule has 0 unspecified atom stereocenters. The number of fused-ring (bicyclic) bond motifs is 1. The molecule has 0 aliphatic heterocycles. The third-order valence-corrected chi connectivity index (χ3v) is 2.95. The molecule has 0 bridgehead atoms. The second kappa shape index (κ2) is 6.74. The number of nitrogens with one attached hydrogen (secondary N) is 1. The number of rotatable bonds is 5. The van der Waals surface area contributed by atoms with E-state index in [2.05, 4.69) is 9.72 Å². The molecule has 0 saturated heterocycles. The zero-order chi connectivity index (χ0) is 15.2. The van der Waals surface area contributed by atoms with Crippen LogP contribution in [0.15, 0.2) is 30.3 Å². The van der Waals surface area contributed by atoms with Gasteiger partial charge in [0.25, 0.3) is 0 Å². The number of hydrogen-bond donors (Lipinski definition) is 1. The van der Waals surface area contributed by atoms with Crippen LogP contribution in [0.4, 0.5) is 0 Å². The Hall–Kier alpha value is -2.56. The molecule has 0 atom stereocenters. The van der Waals surface area contributed by atoms with E-state index in [9.17, 15) is 9.59 Å². The fourth-order valence-electron chi connectivity index (χ4n) is 1.98. The van der Waals surface area contributed by atoms with Crippen molar-refractivity contribution in [2.24, 2.45) is 0 Å². The molecule has 21 heavy (non-hydrogen) atoms. The monoisotopic (exact) mass is 287 g/mol. The van der Waals surface area contributed by atoms with Crippen LogP contribution >= 0.6 is 0 Å². The predicted octanol–water partition coefficient (Wildman–Crippen LogP) is 2.92. The number of aromatic amines is 1. The highest BCUT2D eigenvalue weighted by atomic mass is 16.5. The molecular formula is C16H17NO4. The van der Waals surface area contributed by atoms with Gasteiger partial charge in [-0.3, -0.25) is 4.79 Å². The van der Waals surface area contributed by atoms with Gasteiger partial charge in [-0.05, 0) is 24.6 Å². The second-order valence-corrected chi connectivity index (χ2v) is 4.43. The topological polar surface area (TPSA) is 68.4 Å². The van der Waals surface area contributed by atoms with Crippen LogP contribution in [0.1, 0.15) is 29.4 Å². The van der Waals surface area contributed by atoms with Crippen LogP contribution in [-0.2, 0) is 14.3 Å². The summed E-state index contributed by atoms with van der Waals surface area (Å²) < 4.78 is 9.52. The highest BCUT2D eigenvalue weighted by molar-refractivity contribution is 5.95. The molecule has 2 aromatic rings. The van der Waals surface area contributed by atoms with Gasteiger partial charge in [-0.1, -0.05) is 24.3 Å². The molecule has 0 aliphatic carbocycles. The highest BCUT2D eigenvalue weighted by Crippen LogP contribution is 2.18. The lowest BCUT2D eigenvalue weighted by Crippen LogP contribution is -2.01. The molecule has 0 spiro atoms. The van der Waals surface area contributed by atoms with Crippen LogP contribution in [0.3, 0.4) is 0 Å². The summed E-state index contributed by atoms with van der Waals surface area (Å²) in [7, 11) is 1.34. The Morgan fingerprint density at radius 3 is 2.81 bits per heavy atom. The second-order valence-electron chi connectivity index (χ2n) is 4.43. The van der Waals surface area contributed by atoms with E-state index in [0.717, 1.165) is 16.5 Å². The number of aromatic nitrogens is 1. The number of methoxy groups -OCH3 is 1. The van der Waals surface area contributed by atoms with Crippen molar-refractivity contribution in [3.05, 3.63) is 41.6 Å². The Bertz CT molecular complexity index is 685. The highest BCUT2D eigenvalue weighted by Gasteiger charge is 2.09. The van der Waals surface area contributed by atoms with E-state index < -0.39 is 5.97 Å². The zero-order valence-electron chi connectivity index (χ0n) is 12.0. The van der Waals surface area contributed by atoms with Gasteiger partial charge < -0.3 is 14.5 Å². The van der Waals surface area contributed by atoms with Gasteiger partial charge in [0, 0.05) is 10.9 Å². The van der Waals surface area contributed by atoms with Gasteiger partial charge in [0.05, 0.1) is 20.1 Å². The van der Waals surface area contributed by atoms with Crippen molar-refractivity contribution in [2.45, 2.75) is 13.3 Å². The number of carbonyl (C=O) groups is 2. The SMILES string of the molecule is CCOC(=O)CC=Cc1ccc2cc(C(=O)OC)[nH]c2c1. The summed E-state index contributed by atoms with van der Waals surface area (Å²) in [6.45, 7) is 2.16. The number of carbonyl (C=O) groups excluding carboxylic acids is 2. The number of hydrogen-bond acceptors (Lipinski definition) is 4. The van der Waals surface area contributed by atoms with E-state index in [-0.39, 0.29) is 12.4 Å². The van der Waals surface area contributed by atoms with Gasteiger partial charge in [0.15, 0.2) is 0 Å². The van der Waals surface area contributed by atoms with Gasteiger partial charge in [0.2, 0.25) is 0 Å². The quantitative estimate of drug-likeness (QED) is 0.858. The summed E-state index contributed by atoms with van der Waals surface area (Å²) in [4.78, 5) is 25.7. The van der Waals surface area contributed by atoms with Crippen molar-refractivity contribution < 1.29 is 19.1 Å². The summed E-state index contributed by atoms with van der Waals surface area (Å²) in [5.74, 6) is -0.645. The Kier molecular flexibility index (Phi) is 4.77. The number of benzene rings is 1. The molecule has 5 nitrogen and oxygen atoms in total. The Labute approximate surface area is 122 Å². The van der Waals surface area contributed by atoms with E-state index in [0.29, 0.717) is 12.3 Å².